The van der Waals surface area contributed by atoms with Gasteiger partial charge in [-0.2, -0.15) is 4.31 Å². The lowest BCUT2D eigenvalue weighted by Crippen LogP contribution is -2.47. The summed E-state index contributed by atoms with van der Waals surface area (Å²) < 4.78 is 40.4. The molecule has 0 radical (unpaired) electrons. The Morgan fingerprint density at radius 3 is 2.00 bits per heavy atom. The predicted octanol–water partition coefficient (Wildman–Crippen LogP) is 6.17. The van der Waals surface area contributed by atoms with E-state index in [1.165, 1.54) is 0 Å². The minimum absolute atomic E-state index is 0.0474. The van der Waals surface area contributed by atoms with Gasteiger partial charge in [0.15, 0.2) is 11.5 Å². The van der Waals surface area contributed by atoms with Gasteiger partial charge in [-0.05, 0) is 110 Å². The zero-order valence-electron chi connectivity index (χ0n) is 25.2. The van der Waals surface area contributed by atoms with Crippen LogP contribution in [0.2, 0.25) is 5.02 Å². The average molecular weight is 611 g/mol. The van der Waals surface area contributed by atoms with Crippen molar-refractivity contribution in [1.29, 1.82) is 0 Å². The standard InChI is InChI=1S/C33H39ClN2O5S/c1-20-17-21(2)23(4)32(22(20)3)42(38,39)35-14-11-25(12-15-35)33(37)36-16-13-26-18-29(40-5)30(41-6)19-28(26)31(36)24-7-9-27(34)10-8-24/h7-10,17-19,25,31H,11-16H2,1-6H3. The van der Waals surface area contributed by atoms with Crippen molar-refractivity contribution in [3.63, 3.8) is 0 Å². The number of hydrogen-bond acceptors (Lipinski definition) is 5. The van der Waals surface area contributed by atoms with Crippen molar-refractivity contribution in [1.82, 2.24) is 9.21 Å². The number of carbonyl (C=O) groups is 1. The number of ether oxygens (including phenoxy) is 2. The van der Waals surface area contributed by atoms with Gasteiger partial charge in [-0.25, -0.2) is 8.42 Å². The first-order chi connectivity index (χ1) is 20.0. The van der Waals surface area contributed by atoms with Crippen molar-refractivity contribution in [3.05, 3.63) is 86.4 Å². The molecule has 1 saturated heterocycles. The van der Waals surface area contributed by atoms with Gasteiger partial charge in [-0.15, -0.1) is 0 Å². The van der Waals surface area contributed by atoms with Crippen LogP contribution in [0.4, 0.5) is 0 Å². The fraction of sp³-hybridized carbons (Fsp3) is 0.424. The number of fused-ring (bicyclic) bond motifs is 1. The number of methoxy groups -OCH3 is 2. The number of aryl methyl sites for hydroxylation is 2. The van der Waals surface area contributed by atoms with E-state index in [0.29, 0.717) is 60.3 Å². The number of amides is 1. The molecule has 1 amide bonds. The van der Waals surface area contributed by atoms with E-state index in [9.17, 15) is 13.2 Å². The number of carbonyl (C=O) groups excluding carboxylic acids is 1. The molecule has 0 bridgehead atoms. The van der Waals surface area contributed by atoms with Crippen LogP contribution in [0.25, 0.3) is 0 Å². The average Bonchev–Trinajstić information content (AvgIpc) is 2.99. The van der Waals surface area contributed by atoms with Crippen LogP contribution in [0.3, 0.4) is 0 Å². The Kier molecular flexibility index (Phi) is 8.61. The second kappa shape index (κ2) is 11.9. The SMILES string of the molecule is COc1cc2c(cc1OC)C(c1ccc(Cl)cc1)N(C(=O)C1CCN(S(=O)(=O)c3c(C)c(C)cc(C)c3C)CC1)CC2. The van der Waals surface area contributed by atoms with E-state index in [4.69, 9.17) is 21.1 Å². The van der Waals surface area contributed by atoms with E-state index in [2.05, 4.69) is 0 Å². The summed E-state index contributed by atoms with van der Waals surface area (Å²) >= 11 is 6.22. The molecule has 0 saturated carbocycles. The Morgan fingerprint density at radius 1 is 0.857 bits per heavy atom. The first-order valence-electron chi connectivity index (χ1n) is 14.4. The number of hydrogen-bond donors (Lipinski definition) is 0. The van der Waals surface area contributed by atoms with Crippen LogP contribution in [0.15, 0.2) is 47.4 Å². The molecule has 5 rings (SSSR count). The molecule has 7 nitrogen and oxygen atoms in total. The summed E-state index contributed by atoms with van der Waals surface area (Å²) in [6.45, 7) is 8.82. The Balaban J connectivity index is 1.42. The number of halogens is 1. The monoisotopic (exact) mass is 610 g/mol. The Labute approximate surface area is 254 Å². The lowest BCUT2D eigenvalue weighted by molar-refractivity contribution is -0.139. The minimum atomic E-state index is -3.68. The predicted molar refractivity (Wildman–Crippen MR) is 165 cm³/mol. The lowest BCUT2D eigenvalue weighted by atomic mass is 9.85. The van der Waals surface area contributed by atoms with Crippen LogP contribution in [-0.2, 0) is 21.2 Å². The highest BCUT2D eigenvalue weighted by Gasteiger charge is 2.39. The summed E-state index contributed by atoms with van der Waals surface area (Å²) in [7, 11) is -0.457. The second-order valence-corrected chi connectivity index (χ2v) is 13.7. The maximum absolute atomic E-state index is 14.2. The molecule has 2 aliphatic rings. The van der Waals surface area contributed by atoms with E-state index in [-0.39, 0.29) is 17.9 Å². The van der Waals surface area contributed by atoms with E-state index < -0.39 is 10.0 Å². The van der Waals surface area contributed by atoms with E-state index in [0.717, 1.165) is 38.9 Å². The van der Waals surface area contributed by atoms with Crippen molar-refractivity contribution >= 4 is 27.5 Å². The van der Waals surface area contributed by atoms with Crippen LogP contribution >= 0.6 is 11.6 Å². The first-order valence-corrected chi connectivity index (χ1v) is 16.2. The molecule has 224 valence electrons. The molecule has 2 heterocycles. The van der Waals surface area contributed by atoms with Crippen LogP contribution in [0, 0.1) is 33.6 Å². The molecule has 1 fully saturated rings. The van der Waals surface area contributed by atoms with Gasteiger partial charge in [-0.3, -0.25) is 4.79 Å². The first kappa shape index (κ1) is 30.4. The molecule has 0 spiro atoms. The molecular formula is C33H39ClN2O5S. The summed E-state index contributed by atoms with van der Waals surface area (Å²) in [4.78, 5) is 16.5. The van der Waals surface area contributed by atoms with E-state index in [1.807, 2.05) is 75.1 Å². The third-order valence-electron chi connectivity index (χ3n) is 9.04. The molecule has 0 aliphatic carbocycles. The minimum Gasteiger partial charge on any atom is -0.493 e. The number of rotatable bonds is 6. The smallest absolute Gasteiger partial charge is 0.243 e. The normalized spacial score (nSPS) is 18.1. The molecule has 1 atom stereocenters. The molecule has 0 aromatic heterocycles. The van der Waals surface area contributed by atoms with Gasteiger partial charge in [0.2, 0.25) is 15.9 Å². The quantitative estimate of drug-likeness (QED) is 0.334. The van der Waals surface area contributed by atoms with Crippen molar-refractivity contribution in [3.8, 4) is 11.5 Å². The number of sulfonamides is 1. The van der Waals surface area contributed by atoms with Crippen molar-refractivity contribution in [2.24, 2.45) is 5.92 Å². The van der Waals surface area contributed by atoms with E-state index in [1.54, 1.807) is 18.5 Å². The molecule has 3 aromatic carbocycles. The zero-order chi connectivity index (χ0) is 30.3. The van der Waals surface area contributed by atoms with Crippen molar-refractivity contribution < 1.29 is 22.7 Å². The molecule has 0 N–H and O–H groups in total. The van der Waals surface area contributed by atoms with Gasteiger partial charge in [-0.1, -0.05) is 29.8 Å². The highest BCUT2D eigenvalue weighted by atomic mass is 35.5. The summed E-state index contributed by atoms with van der Waals surface area (Å²) in [6, 6.07) is 13.3. The highest BCUT2D eigenvalue weighted by Crippen LogP contribution is 2.42. The van der Waals surface area contributed by atoms with Crippen molar-refractivity contribution in [2.45, 2.75) is 57.9 Å². The van der Waals surface area contributed by atoms with Gasteiger partial charge < -0.3 is 14.4 Å². The lowest BCUT2D eigenvalue weighted by Gasteiger charge is -2.41. The van der Waals surface area contributed by atoms with Gasteiger partial charge in [0.1, 0.15) is 0 Å². The fourth-order valence-electron chi connectivity index (χ4n) is 6.46. The zero-order valence-corrected chi connectivity index (χ0v) is 26.7. The molecular weight excluding hydrogens is 572 g/mol. The third-order valence-corrected chi connectivity index (χ3v) is 11.5. The third kappa shape index (κ3) is 5.40. The Hall–Kier alpha value is -3.07. The molecule has 9 heteroatoms. The van der Waals surface area contributed by atoms with Crippen LogP contribution in [0.5, 0.6) is 11.5 Å². The topological polar surface area (TPSA) is 76.2 Å². The highest BCUT2D eigenvalue weighted by molar-refractivity contribution is 7.89. The number of benzene rings is 3. The number of nitrogens with zero attached hydrogens (tertiary/aromatic N) is 2. The summed E-state index contributed by atoms with van der Waals surface area (Å²) in [5, 5.41) is 0.628. The summed E-state index contributed by atoms with van der Waals surface area (Å²) in [5.74, 6) is 1.05. The van der Waals surface area contributed by atoms with E-state index >= 15 is 0 Å². The van der Waals surface area contributed by atoms with Crippen LogP contribution in [-0.4, -0.2) is 57.4 Å². The molecule has 1 unspecified atom stereocenters. The maximum atomic E-state index is 14.2. The van der Waals surface area contributed by atoms with Gasteiger partial charge in [0, 0.05) is 30.6 Å². The summed E-state index contributed by atoms with van der Waals surface area (Å²) in [5.41, 5.74) is 6.58. The largest absolute Gasteiger partial charge is 0.493 e. The van der Waals surface area contributed by atoms with Crippen molar-refractivity contribution in [2.75, 3.05) is 33.9 Å². The van der Waals surface area contributed by atoms with Crippen LogP contribution in [0.1, 0.15) is 57.8 Å². The Bertz CT molecular complexity index is 1590. The van der Waals surface area contributed by atoms with Gasteiger partial charge in [0.05, 0.1) is 25.2 Å². The van der Waals surface area contributed by atoms with Gasteiger partial charge in [0.25, 0.3) is 0 Å². The molecule has 2 aliphatic heterocycles. The molecule has 42 heavy (non-hydrogen) atoms. The number of piperidine rings is 1. The second-order valence-electron chi connectivity index (χ2n) is 11.4. The summed E-state index contributed by atoms with van der Waals surface area (Å²) in [6.07, 6.45) is 1.64. The molecule has 3 aromatic rings. The Morgan fingerprint density at radius 2 is 1.43 bits per heavy atom. The fourth-order valence-corrected chi connectivity index (χ4v) is 8.63. The maximum Gasteiger partial charge on any atom is 0.243 e. The van der Waals surface area contributed by atoms with Crippen LogP contribution < -0.4 is 9.47 Å². The van der Waals surface area contributed by atoms with Gasteiger partial charge >= 0.3 is 0 Å².